The molecule has 0 bridgehead atoms. The third-order valence-electron chi connectivity index (χ3n) is 3.38. The Hall–Kier alpha value is -0.980. The molecule has 1 N–H and O–H groups in total. The molecule has 0 aliphatic heterocycles. The van der Waals surface area contributed by atoms with E-state index in [-0.39, 0.29) is 0 Å². The quantitative estimate of drug-likeness (QED) is 0.767. The van der Waals surface area contributed by atoms with Gasteiger partial charge in [0.15, 0.2) is 0 Å². The fourth-order valence-electron chi connectivity index (χ4n) is 2.68. The molecule has 1 fully saturated rings. The van der Waals surface area contributed by atoms with Crippen molar-refractivity contribution >= 4 is 5.69 Å². The van der Waals surface area contributed by atoms with E-state index in [0.717, 1.165) is 0 Å². The Morgan fingerprint density at radius 1 is 1.00 bits per heavy atom. The fourth-order valence-corrected chi connectivity index (χ4v) is 2.68. The van der Waals surface area contributed by atoms with E-state index in [9.17, 15) is 0 Å². The molecule has 0 unspecified atom stereocenters. The Bertz CT molecular complexity index is 325. The normalized spacial score (nSPS) is 17.0. The highest BCUT2D eigenvalue weighted by molar-refractivity contribution is 5.58. The van der Waals surface area contributed by atoms with Crippen LogP contribution in [0.15, 0.2) is 12.1 Å². The highest BCUT2D eigenvalue weighted by Crippen LogP contribution is 2.27. The minimum Gasteiger partial charge on any atom is -0.382 e. The van der Waals surface area contributed by atoms with Crippen molar-refractivity contribution in [3.63, 3.8) is 0 Å². The largest absolute Gasteiger partial charge is 0.382 e. The summed E-state index contributed by atoms with van der Waals surface area (Å²) in [6, 6.07) is 5.25. The van der Waals surface area contributed by atoms with Crippen molar-refractivity contribution in [2.45, 2.75) is 52.5 Å². The maximum absolute atomic E-state index is 3.70. The summed E-state index contributed by atoms with van der Waals surface area (Å²) in [4.78, 5) is 0. The third kappa shape index (κ3) is 2.34. The Morgan fingerprint density at radius 2 is 1.53 bits per heavy atom. The summed E-state index contributed by atoms with van der Waals surface area (Å²) in [6.07, 6.45) is 5.46. The molecule has 1 aliphatic carbocycles. The molecule has 0 heterocycles. The van der Waals surface area contributed by atoms with E-state index in [0.29, 0.717) is 6.04 Å². The van der Waals surface area contributed by atoms with Gasteiger partial charge in [-0.3, -0.25) is 0 Å². The first kappa shape index (κ1) is 10.5. The molecule has 1 nitrogen and oxygen atoms in total. The Labute approximate surface area is 92.9 Å². The van der Waals surface area contributed by atoms with Gasteiger partial charge in [0.05, 0.1) is 0 Å². The van der Waals surface area contributed by atoms with Crippen LogP contribution in [0.25, 0.3) is 0 Å². The second kappa shape index (κ2) is 4.26. The number of hydrogen-bond acceptors (Lipinski definition) is 1. The molecule has 1 aromatic carbocycles. The number of aryl methyl sites for hydroxylation is 3. The van der Waals surface area contributed by atoms with Crippen molar-refractivity contribution in [3.8, 4) is 0 Å². The Morgan fingerprint density at radius 3 is 2.07 bits per heavy atom. The third-order valence-corrected chi connectivity index (χ3v) is 3.38. The standard InChI is InChI=1S/C14H21N/c1-10-8-11(2)14(12(3)9-10)15-13-6-4-5-7-13/h8-9,13,15H,4-7H2,1-3H3. The number of hydrogen-bond donors (Lipinski definition) is 1. The first-order chi connectivity index (χ1) is 7.16. The van der Waals surface area contributed by atoms with Crippen molar-refractivity contribution in [1.82, 2.24) is 0 Å². The number of nitrogens with one attached hydrogen (secondary N) is 1. The van der Waals surface area contributed by atoms with Gasteiger partial charge < -0.3 is 5.32 Å². The van der Waals surface area contributed by atoms with Crippen LogP contribution in [0.5, 0.6) is 0 Å². The Kier molecular flexibility index (Phi) is 2.99. The van der Waals surface area contributed by atoms with Crippen LogP contribution in [0.1, 0.15) is 42.4 Å². The average molecular weight is 203 g/mol. The number of anilines is 1. The fraction of sp³-hybridized carbons (Fsp3) is 0.571. The van der Waals surface area contributed by atoms with Crippen LogP contribution >= 0.6 is 0 Å². The highest BCUT2D eigenvalue weighted by Gasteiger charge is 2.16. The highest BCUT2D eigenvalue weighted by atomic mass is 14.9. The number of rotatable bonds is 2. The molecule has 0 atom stereocenters. The van der Waals surface area contributed by atoms with Gasteiger partial charge in [-0.05, 0) is 44.7 Å². The predicted molar refractivity (Wildman–Crippen MR) is 66.5 cm³/mol. The predicted octanol–water partition coefficient (Wildman–Crippen LogP) is 3.97. The van der Waals surface area contributed by atoms with Crippen LogP contribution in [-0.2, 0) is 0 Å². The van der Waals surface area contributed by atoms with E-state index in [2.05, 4.69) is 38.2 Å². The van der Waals surface area contributed by atoms with Crippen molar-refractivity contribution in [2.24, 2.45) is 0 Å². The van der Waals surface area contributed by atoms with E-state index in [4.69, 9.17) is 0 Å². The average Bonchev–Trinajstić information content (AvgIpc) is 2.63. The van der Waals surface area contributed by atoms with E-state index < -0.39 is 0 Å². The molecule has 0 spiro atoms. The molecule has 0 aromatic heterocycles. The minimum atomic E-state index is 0.713. The van der Waals surface area contributed by atoms with Crippen LogP contribution in [0.2, 0.25) is 0 Å². The summed E-state index contributed by atoms with van der Waals surface area (Å²) in [5.41, 5.74) is 5.51. The SMILES string of the molecule is Cc1cc(C)c(NC2CCCC2)c(C)c1. The maximum atomic E-state index is 3.70. The van der Waals surface area contributed by atoms with Gasteiger partial charge in [0, 0.05) is 11.7 Å². The topological polar surface area (TPSA) is 12.0 Å². The van der Waals surface area contributed by atoms with Crippen molar-refractivity contribution in [3.05, 3.63) is 28.8 Å². The molecule has 1 aliphatic rings. The zero-order valence-corrected chi connectivity index (χ0v) is 10.1. The van der Waals surface area contributed by atoms with Gasteiger partial charge in [-0.2, -0.15) is 0 Å². The summed E-state index contributed by atoms with van der Waals surface area (Å²) in [5, 5.41) is 3.70. The lowest BCUT2D eigenvalue weighted by molar-refractivity contribution is 0.753. The van der Waals surface area contributed by atoms with E-state index in [1.807, 2.05) is 0 Å². The first-order valence-electron chi connectivity index (χ1n) is 6.01. The van der Waals surface area contributed by atoms with Crippen molar-refractivity contribution in [1.29, 1.82) is 0 Å². The van der Waals surface area contributed by atoms with Crippen LogP contribution in [0.4, 0.5) is 5.69 Å². The smallest absolute Gasteiger partial charge is 0.0401 e. The monoisotopic (exact) mass is 203 g/mol. The van der Waals surface area contributed by atoms with E-state index in [1.165, 1.54) is 48.1 Å². The second-order valence-electron chi connectivity index (χ2n) is 4.90. The lowest BCUT2D eigenvalue weighted by Gasteiger charge is -2.18. The minimum absolute atomic E-state index is 0.713. The molecular weight excluding hydrogens is 182 g/mol. The van der Waals surface area contributed by atoms with Crippen LogP contribution in [0.3, 0.4) is 0 Å². The van der Waals surface area contributed by atoms with Gasteiger partial charge in [-0.1, -0.05) is 30.5 Å². The number of benzene rings is 1. The molecule has 0 saturated heterocycles. The summed E-state index contributed by atoms with van der Waals surface area (Å²) < 4.78 is 0. The zero-order chi connectivity index (χ0) is 10.8. The van der Waals surface area contributed by atoms with Crippen molar-refractivity contribution < 1.29 is 0 Å². The molecule has 1 aromatic rings. The van der Waals surface area contributed by atoms with Gasteiger partial charge in [-0.25, -0.2) is 0 Å². The summed E-state index contributed by atoms with van der Waals surface area (Å²) in [7, 11) is 0. The lowest BCUT2D eigenvalue weighted by Crippen LogP contribution is -2.16. The van der Waals surface area contributed by atoms with Gasteiger partial charge in [0.25, 0.3) is 0 Å². The molecule has 0 amide bonds. The van der Waals surface area contributed by atoms with Crippen molar-refractivity contribution in [2.75, 3.05) is 5.32 Å². The zero-order valence-electron chi connectivity index (χ0n) is 10.1. The maximum Gasteiger partial charge on any atom is 0.0401 e. The second-order valence-corrected chi connectivity index (χ2v) is 4.90. The first-order valence-corrected chi connectivity index (χ1v) is 6.01. The molecule has 0 radical (unpaired) electrons. The van der Waals surface area contributed by atoms with Gasteiger partial charge in [0.2, 0.25) is 0 Å². The van der Waals surface area contributed by atoms with E-state index >= 15 is 0 Å². The Balaban J connectivity index is 2.19. The lowest BCUT2D eigenvalue weighted by atomic mass is 10.0. The molecule has 15 heavy (non-hydrogen) atoms. The van der Waals surface area contributed by atoms with E-state index in [1.54, 1.807) is 0 Å². The van der Waals surface area contributed by atoms with Crippen LogP contribution in [0, 0.1) is 20.8 Å². The summed E-state index contributed by atoms with van der Waals surface area (Å²) >= 11 is 0. The van der Waals surface area contributed by atoms with Crippen LogP contribution < -0.4 is 5.32 Å². The molecule has 82 valence electrons. The van der Waals surface area contributed by atoms with Gasteiger partial charge in [-0.15, -0.1) is 0 Å². The summed E-state index contributed by atoms with van der Waals surface area (Å²) in [6.45, 7) is 6.58. The molecular formula is C14H21N. The van der Waals surface area contributed by atoms with Gasteiger partial charge in [0.1, 0.15) is 0 Å². The molecule has 1 saturated carbocycles. The van der Waals surface area contributed by atoms with Gasteiger partial charge >= 0.3 is 0 Å². The molecule has 2 rings (SSSR count). The van der Waals surface area contributed by atoms with Crippen LogP contribution in [-0.4, -0.2) is 6.04 Å². The summed E-state index contributed by atoms with van der Waals surface area (Å²) in [5.74, 6) is 0. The molecule has 1 heteroatoms.